The fourth-order valence-corrected chi connectivity index (χ4v) is 4.33. The van der Waals surface area contributed by atoms with Crippen molar-refractivity contribution in [1.29, 1.82) is 0 Å². The minimum Gasteiger partial charge on any atom is -0.360 e. The number of rotatable bonds is 7. The number of carbonyl (C=O) groups excluding carboxylic acids is 2. The van der Waals surface area contributed by atoms with Gasteiger partial charge in [0.1, 0.15) is 5.76 Å². The molecule has 30 heavy (non-hydrogen) atoms. The van der Waals surface area contributed by atoms with Gasteiger partial charge in [-0.05, 0) is 57.1 Å². The molecule has 10 nitrogen and oxygen atoms in total. The van der Waals surface area contributed by atoms with Crippen molar-refractivity contribution < 1.29 is 22.5 Å². The maximum absolute atomic E-state index is 12.4. The second-order valence-corrected chi connectivity index (χ2v) is 8.72. The molecule has 1 saturated heterocycles. The molecule has 2 amide bonds. The number of nitrogens with zero attached hydrogens (tertiary/aromatic N) is 2. The summed E-state index contributed by atoms with van der Waals surface area (Å²) in [6.45, 7) is 6.05. The molecule has 3 N–H and O–H groups in total. The van der Waals surface area contributed by atoms with Crippen LogP contribution in [-0.4, -0.2) is 56.0 Å². The van der Waals surface area contributed by atoms with E-state index < -0.39 is 21.8 Å². The van der Waals surface area contributed by atoms with Crippen LogP contribution in [-0.2, 0) is 19.6 Å². The predicted octanol–water partition coefficient (Wildman–Crippen LogP) is 1.32. The number of anilines is 2. The topological polar surface area (TPSA) is 134 Å². The Morgan fingerprint density at radius 2 is 1.97 bits per heavy atom. The Labute approximate surface area is 175 Å². The number of likely N-dealkylation sites (tertiary alicyclic amines) is 1. The fraction of sp³-hybridized carbons (Fsp3) is 0.421. The highest BCUT2D eigenvalue weighted by Crippen LogP contribution is 2.18. The van der Waals surface area contributed by atoms with Gasteiger partial charge in [-0.25, -0.2) is 8.42 Å². The van der Waals surface area contributed by atoms with E-state index in [0.29, 0.717) is 18.0 Å². The van der Waals surface area contributed by atoms with Crippen LogP contribution < -0.4 is 15.4 Å². The molecule has 0 radical (unpaired) electrons. The van der Waals surface area contributed by atoms with Gasteiger partial charge in [0, 0.05) is 24.3 Å². The quantitative estimate of drug-likeness (QED) is 0.559. The van der Waals surface area contributed by atoms with Crippen LogP contribution in [0.2, 0.25) is 0 Å². The van der Waals surface area contributed by atoms with Crippen LogP contribution in [0.25, 0.3) is 0 Å². The van der Waals surface area contributed by atoms with Crippen molar-refractivity contribution in [2.75, 3.05) is 29.7 Å². The molecule has 11 heteroatoms. The number of amides is 2. The summed E-state index contributed by atoms with van der Waals surface area (Å²) in [5, 5.41) is 8.72. The molecular formula is C19H25N5O5S. The number of carbonyl (C=O) groups is 2. The van der Waals surface area contributed by atoms with Crippen molar-refractivity contribution >= 4 is 33.3 Å². The Kier molecular flexibility index (Phi) is 6.73. The van der Waals surface area contributed by atoms with Gasteiger partial charge in [-0.3, -0.25) is 19.2 Å². The zero-order valence-electron chi connectivity index (χ0n) is 16.8. The van der Waals surface area contributed by atoms with Crippen LogP contribution in [0.15, 0.2) is 39.8 Å². The number of hydrogen-bond acceptors (Lipinski definition) is 7. The van der Waals surface area contributed by atoms with E-state index >= 15 is 0 Å². The Balaban J connectivity index is 1.54. The first kappa shape index (κ1) is 21.8. The van der Waals surface area contributed by atoms with Crippen LogP contribution >= 0.6 is 0 Å². The first-order valence-corrected chi connectivity index (χ1v) is 11.2. The summed E-state index contributed by atoms with van der Waals surface area (Å²) < 4.78 is 31.9. The zero-order valence-corrected chi connectivity index (χ0v) is 17.7. The largest absolute Gasteiger partial charge is 0.360 e. The molecule has 0 saturated carbocycles. The first-order valence-electron chi connectivity index (χ1n) is 9.68. The third-order valence-corrected chi connectivity index (χ3v) is 6.27. The summed E-state index contributed by atoms with van der Waals surface area (Å²) in [6.07, 6.45) is 2.08. The normalized spacial score (nSPS) is 16.9. The highest BCUT2D eigenvalue weighted by molar-refractivity contribution is 7.92. The molecule has 3 rings (SSSR count). The fourth-order valence-electron chi connectivity index (χ4n) is 3.35. The molecule has 0 bridgehead atoms. The Morgan fingerprint density at radius 3 is 2.60 bits per heavy atom. The molecule has 1 aliphatic heterocycles. The summed E-state index contributed by atoms with van der Waals surface area (Å²) in [6, 6.07) is 7.15. The van der Waals surface area contributed by atoms with Crippen molar-refractivity contribution in [3.05, 3.63) is 36.1 Å². The van der Waals surface area contributed by atoms with Crippen molar-refractivity contribution in [3.8, 4) is 0 Å². The molecule has 162 valence electrons. The molecule has 0 spiro atoms. The molecule has 1 aromatic carbocycles. The van der Waals surface area contributed by atoms with Crippen molar-refractivity contribution in [3.63, 3.8) is 0 Å². The maximum atomic E-state index is 12.4. The zero-order chi connectivity index (χ0) is 21.7. The Morgan fingerprint density at radius 1 is 1.23 bits per heavy atom. The van der Waals surface area contributed by atoms with E-state index in [1.165, 1.54) is 30.3 Å². The van der Waals surface area contributed by atoms with Crippen LogP contribution in [0, 0.1) is 6.92 Å². The average Bonchev–Trinajstić information content (AvgIpc) is 3.34. The second kappa shape index (κ2) is 9.26. The van der Waals surface area contributed by atoms with Gasteiger partial charge in [-0.1, -0.05) is 12.1 Å². The lowest BCUT2D eigenvalue weighted by atomic mass is 10.2. The molecule has 2 heterocycles. The third kappa shape index (κ3) is 5.36. The molecule has 1 aromatic heterocycles. The lowest BCUT2D eigenvalue weighted by Crippen LogP contribution is -2.43. The molecule has 0 aliphatic carbocycles. The average molecular weight is 436 g/mol. The third-order valence-electron chi connectivity index (χ3n) is 4.90. The van der Waals surface area contributed by atoms with E-state index in [4.69, 9.17) is 4.52 Å². The molecule has 1 fully saturated rings. The van der Waals surface area contributed by atoms with Crippen LogP contribution in [0.3, 0.4) is 0 Å². The van der Waals surface area contributed by atoms with E-state index in [2.05, 4.69) is 32.3 Å². The minimum atomic E-state index is -3.86. The maximum Gasteiger partial charge on any atom is 0.313 e. The molecule has 0 unspecified atom stereocenters. The van der Waals surface area contributed by atoms with E-state index in [1.54, 1.807) is 6.92 Å². The van der Waals surface area contributed by atoms with Crippen molar-refractivity contribution in [2.45, 2.75) is 37.6 Å². The Hall–Kier alpha value is -2.92. The van der Waals surface area contributed by atoms with Gasteiger partial charge < -0.3 is 15.2 Å². The summed E-state index contributed by atoms with van der Waals surface area (Å²) in [4.78, 5) is 26.4. The molecule has 1 atom stereocenters. The number of benzene rings is 1. The van der Waals surface area contributed by atoms with Gasteiger partial charge >= 0.3 is 11.8 Å². The van der Waals surface area contributed by atoms with Gasteiger partial charge in [0.15, 0.2) is 5.82 Å². The summed E-state index contributed by atoms with van der Waals surface area (Å²) in [7, 11) is -3.86. The lowest BCUT2D eigenvalue weighted by molar-refractivity contribution is -0.136. The van der Waals surface area contributed by atoms with E-state index in [1.807, 2.05) is 0 Å². The van der Waals surface area contributed by atoms with Crippen LogP contribution in [0.5, 0.6) is 0 Å². The molecular weight excluding hydrogens is 410 g/mol. The van der Waals surface area contributed by atoms with Crippen molar-refractivity contribution in [2.24, 2.45) is 0 Å². The standard InChI is InChI=1S/C19H25N5O5S/c1-3-24-10-4-5-15(24)12-20-18(25)19(26)21-14-6-8-16(9-7-14)30(27,28)23-17-11-13(2)29-22-17/h6-9,11,15H,3-5,10,12H2,1-2H3,(H,20,25)(H,21,26)(H,22,23)/t15-/m1/s1. The minimum absolute atomic E-state index is 0.0218. The first-order chi connectivity index (χ1) is 14.3. The van der Waals surface area contributed by atoms with Gasteiger partial charge in [-0.15, -0.1) is 0 Å². The predicted molar refractivity (Wildman–Crippen MR) is 110 cm³/mol. The van der Waals surface area contributed by atoms with Crippen molar-refractivity contribution in [1.82, 2.24) is 15.4 Å². The number of aromatic nitrogens is 1. The second-order valence-electron chi connectivity index (χ2n) is 7.04. The monoisotopic (exact) mass is 435 g/mol. The number of sulfonamides is 1. The molecule has 1 aliphatic rings. The molecule has 2 aromatic rings. The number of hydrogen-bond donors (Lipinski definition) is 3. The number of aryl methyl sites for hydroxylation is 1. The van der Waals surface area contributed by atoms with Crippen LogP contribution in [0.1, 0.15) is 25.5 Å². The van der Waals surface area contributed by atoms with E-state index in [0.717, 1.165) is 25.9 Å². The van der Waals surface area contributed by atoms with Gasteiger partial charge in [0.25, 0.3) is 10.0 Å². The summed E-state index contributed by atoms with van der Waals surface area (Å²) >= 11 is 0. The summed E-state index contributed by atoms with van der Waals surface area (Å²) in [5.74, 6) is -0.981. The Bertz CT molecular complexity index is 1000. The SMILES string of the molecule is CCN1CCC[C@@H]1CNC(=O)C(=O)Nc1ccc(S(=O)(=O)Nc2cc(C)on2)cc1. The van der Waals surface area contributed by atoms with Gasteiger partial charge in [0.2, 0.25) is 0 Å². The smallest absolute Gasteiger partial charge is 0.313 e. The van der Waals surface area contributed by atoms with E-state index in [9.17, 15) is 18.0 Å². The number of likely N-dealkylation sites (N-methyl/N-ethyl adjacent to an activating group) is 1. The summed E-state index contributed by atoms with van der Waals surface area (Å²) in [5.41, 5.74) is 0.308. The van der Waals surface area contributed by atoms with Crippen LogP contribution in [0.4, 0.5) is 11.5 Å². The van der Waals surface area contributed by atoms with Gasteiger partial charge in [-0.2, -0.15) is 0 Å². The number of nitrogens with one attached hydrogen (secondary N) is 3. The highest BCUT2D eigenvalue weighted by Gasteiger charge is 2.24. The van der Waals surface area contributed by atoms with E-state index in [-0.39, 0.29) is 16.8 Å². The van der Waals surface area contributed by atoms with Gasteiger partial charge in [0.05, 0.1) is 4.90 Å². The lowest BCUT2D eigenvalue weighted by Gasteiger charge is -2.22. The highest BCUT2D eigenvalue weighted by atomic mass is 32.2.